The van der Waals surface area contributed by atoms with E-state index in [1.165, 1.54) is 6.07 Å². The van der Waals surface area contributed by atoms with Gasteiger partial charge in [-0.1, -0.05) is 12.1 Å². The topological polar surface area (TPSA) is 38.0 Å². The van der Waals surface area contributed by atoms with Crippen molar-refractivity contribution in [3.63, 3.8) is 0 Å². The molecule has 1 saturated carbocycles. The predicted molar refractivity (Wildman–Crippen MR) is 59.4 cm³/mol. The molecule has 1 unspecified atom stereocenters. The third-order valence-corrected chi connectivity index (χ3v) is 2.85. The van der Waals surface area contributed by atoms with Gasteiger partial charge in [-0.2, -0.15) is 13.2 Å². The van der Waals surface area contributed by atoms with E-state index >= 15 is 0 Å². The number of alkyl halides is 3. The Labute approximate surface area is 98.0 Å². The van der Waals surface area contributed by atoms with Crippen LogP contribution in [-0.2, 0) is 6.18 Å². The highest BCUT2D eigenvalue weighted by Gasteiger charge is 2.30. The van der Waals surface area contributed by atoms with Crippen LogP contribution in [0.2, 0.25) is 0 Å². The number of benzene rings is 1. The second-order valence-corrected chi connectivity index (χ2v) is 4.41. The van der Waals surface area contributed by atoms with Gasteiger partial charge >= 0.3 is 6.18 Å². The molecule has 1 aliphatic carbocycles. The molecule has 0 saturated heterocycles. The van der Waals surface area contributed by atoms with E-state index in [0.717, 1.165) is 25.0 Å². The number of halogens is 3. The SMILES string of the molecule is NC(CNC1CC1)c1cccc(C(F)(F)F)c1. The summed E-state index contributed by atoms with van der Waals surface area (Å²) in [7, 11) is 0. The van der Waals surface area contributed by atoms with E-state index in [4.69, 9.17) is 5.73 Å². The van der Waals surface area contributed by atoms with Crippen LogP contribution in [0, 0.1) is 0 Å². The number of nitrogens with one attached hydrogen (secondary N) is 1. The Morgan fingerprint density at radius 1 is 1.35 bits per heavy atom. The maximum absolute atomic E-state index is 12.5. The van der Waals surface area contributed by atoms with Gasteiger partial charge in [-0.25, -0.2) is 0 Å². The van der Waals surface area contributed by atoms with Gasteiger partial charge in [0.2, 0.25) is 0 Å². The summed E-state index contributed by atoms with van der Waals surface area (Å²) in [4.78, 5) is 0. The van der Waals surface area contributed by atoms with Gasteiger partial charge in [0.1, 0.15) is 0 Å². The standard InChI is InChI=1S/C12H15F3N2/c13-12(14,15)9-3-1-2-8(6-9)11(16)7-17-10-4-5-10/h1-3,6,10-11,17H,4-5,7,16H2. The molecule has 0 aliphatic heterocycles. The Balaban J connectivity index is 2.03. The quantitative estimate of drug-likeness (QED) is 0.853. The van der Waals surface area contributed by atoms with E-state index in [9.17, 15) is 13.2 Å². The largest absolute Gasteiger partial charge is 0.416 e. The van der Waals surface area contributed by atoms with E-state index in [1.54, 1.807) is 6.07 Å². The zero-order chi connectivity index (χ0) is 12.5. The van der Waals surface area contributed by atoms with Crippen molar-refractivity contribution < 1.29 is 13.2 Å². The van der Waals surface area contributed by atoms with Crippen LogP contribution >= 0.6 is 0 Å². The van der Waals surface area contributed by atoms with E-state index in [0.29, 0.717) is 18.2 Å². The van der Waals surface area contributed by atoms with E-state index < -0.39 is 17.8 Å². The monoisotopic (exact) mass is 244 g/mol. The predicted octanol–water partition coefficient (Wildman–Crippen LogP) is 2.46. The summed E-state index contributed by atoms with van der Waals surface area (Å²) in [6, 6.07) is 5.33. The molecule has 94 valence electrons. The van der Waals surface area contributed by atoms with E-state index in [2.05, 4.69) is 5.32 Å². The van der Waals surface area contributed by atoms with E-state index in [-0.39, 0.29) is 0 Å². The lowest BCUT2D eigenvalue weighted by atomic mass is 10.0. The van der Waals surface area contributed by atoms with Crippen molar-refractivity contribution in [2.24, 2.45) is 5.73 Å². The van der Waals surface area contributed by atoms with Crippen LogP contribution in [0.4, 0.5) is 13.2 Å². The van der Waals surface area contributed by atoms with Crippen molar-refractivity contribution in [2.75, 3.05) is 6.54 Å². The van der Waals surface area contributed by atoms with Crippen molar-refractivity contribution in [3.8, 4) is 0 Å². The molecule has 0 spiro atoms. The van der Waals surface area contributed by atoms with Crippen LogP contribution in [0.25, 0.3) is 0 Å². The van der Waals surface area contributed by atoms with Crippen molar-refractivity contribution in [3.05, 3.63) is 35.4 Å². The Bertz CT molecular complexity index is 386. The maximum Gasteiger partial charge on any atom is 0.416 e. The van der Waals surface area contributed by atoms with Crippen molar-refractivity contribution in [1.29, 1.82) is 0 Å². The minimum atomic E-state index is -4.31. The molecule has 2 nitrogen and oxygen atoms in total. The second kappa shape index (κ2) is 4.66. The highest BCUT2D eigenvalue weighted by Crippen LogP contribution is 2.30. The van der Waals surface area contributed by atoms with Crippen LogP contribution in [0.1, 0.15) is 30.0 Å². The molecule has 1 fully saturated rings. The summed E-state index contributed by atoms with van der Waals surface area (Å²) in [5.41, 5.74) is 5.73. The van der Waals surface area contributed by atoms with Crippen LogP contribution in [0.3, 0.4) is 0 Å². The summed E-state index contributed by atoms with van der Waals surface area (Å²) >= 11 is 0. The van der Waals surface area contributed by atoms with Gasteiger partial charge < -0.3 is 11.1 Å². The summed E-state index contributed by atoms with van der Waals surface area (Å²) in [6.45, 7) is 0.520. The van der Waals surface area contributed by atoms with Gasteiger partial charge in [0, 0.05) is 18.6 Å². The summed E-state index contributed by atoms with van der Waals surface area (Å²) < 4.78 is 37.5. The average Bonchev–Trinajstić information content (AvgIpc) is 3.09. The van der Waals surface area contributed by atoms with Gasteiger partial charge in [0.25, 0.3) is 0 Å². The highest BCUT2D eigenvalue weighted by atomic mass is 19.4. The second-order valence-electron chi connectivity index (χ2n) is 4.41. The van der Waals surface area contributed by atoms with Crippen LogP contribution < -0.4 is 11.1 Å². The van der Waals surface area contributed by atoms with Gasteiger partial charge in [-0.05, 0) is 30.5 Å². The van der Waals surface area contributed by atoms with Gasteiger partial charge in [0.05, 0.1) is 5.56 Å². The minimum Gasteiger partial charge on any atom is -0.323 e. The van der Waals surface area contributed by atoms with Crippen molar-refractivity contribution >= 4 is 0 Å². The Hall–Kier alpha value is -1.07. The van der Waals surface area contributed by atoms with Crippen LogP contribution in [-0.4, -0.2) is 12.6 Å². The first-order valence-corrected chi connectivity index (χ1v) is 5.63. The zero-order valence-electron chi connectivity index (χ0n) is 9.30. The molecule has 1 aromatic carbocycles. The smallest absolute Gasteiger partial charge is 0.323 e. The number of rotatable bonds is 4. The number of hydrogen-bond acceptors (Lipinski definition) is 2. The molecule has 1 aliphatic rings. The molecule has 0 aromatic heterocycles. The van der Waals surface area contributed by atoms with Gasteiger partial charge in [0.15, 0.2) is 0 Å². The third kappa shape index (κ3) is 3.44. The molecule has 3 N–H and O–H groups in total. The lowest BCUT2D eigenvalue weighted by molar-refractivity contribution is -0.137. The molecule has 2 rings (SSSR count). The molecule has 0 heterocycles. The first-order chi connectivity index (χ1) is 7.97. The fourth-order valence-corrected chi connectivity index (χ4v) is 1.64. The average molecular weight is 244 g/mol. The lowest BCUT2D eigenvalue weighted by Crippen LogP contribution is -2.28. The highest BCUT2D eigenvalue weighted by molar-refractivity contribution is 5.28. The number of nitrogens with two attached hydrogens (primary N) is 1. The molecular weight excluding hydrogens is 229 g/mol. The zero-order valence-corrected chi connectivity index (χ0v) is 9.30. The first-order valence-electron chi connectivity index (χ1n) is 5.63. The lowest BCUT2D eigenvalue weighted by Gasteiger charge is -2.15. The van der Waals surface area contributed by atoms with Crippen molar-refractivity contribution in [2.45, 2.75) is 31.1 Å². The molecule has 0 radical (unpaired) electrons. The fourth-order valence-electron chi connectivity index (χ4n) is 1.64. The first kappa shape index (κ1) is 12.4. The number of hydrogen-bond donors (Lipinski definition) is 2. The molecule has 1 atom stereocenters. The third-order valence-electron chi connectivity index (χ3n) is 2.85. The Morgan fingerprint density at radius 2 is 2.06 bits per heavy atom. The van der Waals surface area contributed by atoms with Gasteiger partial charge in [-0.3, -0.25) is 0 Å². The molecule has 17 heavy (non-hydrogen) atoms. The normalized spacial score (nSPS) is 18.1. The van der Waals surface area contributed by atoms with Gasteiger partial charge in [-0.15, -0.1) is 0 Å². The summed E-state index contributed by atoms with van der Waals surface area (Å²) in [6.07, 6.45) is -2.04. The molecule has 0 bridgehead atoms. The minimum absolute atomic E-state index is 0.391. The molecule has 0 amide bonds. The molecule has 1 aromatic rings. The molecule has 5 heteroatoms. The summed E-state index contributed by atoms with van der Waals surface area (Å²) in [5.74, 6) is 0. The summed E-state index contributed by atoms with van der Waals surface area (Å²) in [5, 5.41) is 3.21. The van der Waals surface area contributed by atoms with Crippen LogP contribution in [0.5, 0.6) is 0 Å². The Kier molecular flexibility index (Phi) is 3.40. The maximum atomic E-state index is 12.5. The van der Waals surface area contributed by atoms with Crippen molar-refractivity contribution in [1.82, 2.24) is 5.32 Å². The van der Waals surface area contributed by atoms with E-state index in [1.807, 2.05) is 0 Å². The van der Waals surface area contributed by atoms with Crippen LogP contribution in [0.15, 0.2) is 24.3 Å². The Morgan fingerprint density at radius 3 is 2.65 bits per heavy atom. The fraction of sp³-hybridized carbons (Fsp3) is 0.500. The molecular formula is C12H15F3N2.